The Morgan fingerprint density at radius 2 is 2.04 bits per heavy atom. The van der Waals surface area contributed by atoms with E-state index < -0.39 is 16.6 Å². The Kier molecular flexibility index (Phi) is 4.71. The van der Waals surface area contributed by atoms with Gasteiger partial charge in [-0.3, -0.25) is 14.9 Å². The summed E-state index contributed by atoms with van der Waals surface area (Å²) in [5, 5.41) is 13.4. The van der Waals surface area contributed by atoms with Crippen molar-refractivity contribution >= 4 is 28.9 Å². The van der Waals surface area contributed by atoms with Crippen molar-refractivity contribution in [3.63, 3.8) is 0 Å². The summed E-state index contributed by atoms with van der Waals surface area (Å²) in [5.41, 5.74) is -0.0421. The standard InChI is InChI=1S/C16H12ClFN2O5/c17-11-5-9(6-14-16(11)25-4-3-24-14)7-15(21)19-13-8-10(20(22)23)1-2-12(13)18/h1-2,5-6,8H,3-4,7H2,(H,19,21). The molecule has 0 fully saturated rings. The highest BCUT2D eigenvalue weighted by Crippen LogP contribution is 2.38. The smallest absolute Gasteiger partial charge is 0.271 e. The highest BCUT2D eigenvalue weighted by Gasteiger charge is 2.18. The zero-order valence-corrected chi connectivity index (χ0v) is 13.5. The maximum atomic E-state index is 13.7. The number of nitro groups is 1. The summed E-state index contributed by atoms with van der Waals surface area (Å²) in [4.78, 5) is 22.2. The van der Waals surface area contributed by atoms with Gasteiger partial charge in [0.15, 0.2) is 11.5 Å². The summed E-state index contributed by atoms with van der Waals surface area (Å²) in [7, 11) is 0. The van der Waals surface area contributed by atoms with Gasteiger partial charge in [0, 0.05) is 12.1 Å². The predicted octanol–water partition coefficient (Wildman–Crippen LogP) is 3.34. The molecule has 2 aromatic carbocycles. The van der Waals surface area contributed by atoms with Gasteiger partial charge in [0.2, 0.25) is 5.91 Å². The fourth-order valence-corrected chi connectivity index (χ4v) is 2.66. The van der Waals surface area contributed by atoms with Gasteiger partial charge in [-0.05, 0) is 23.8 Å². The molecule has 0 bridgehead atoms. The van der Waals surface area contributed by atoms with Crippen LogP contribution in [-0.2, 0) is 11.2 Å². The molecule has 1 aliphatic rings. The van der Waals surface area contributed by atoms with Crippen LogP contribution in [0.1, 0.15) is 5.56 Å². The van der Waals surface area contributed by atoms with Gasteiger partial charge in [0.05, 0.1) is 22.1 Å². The van der Waals surface area contributed by atoms with Gasteiger partial charge >= 0.3 is 0 Å². The molecule has 25 heavy (non-hydrogen) atoms. The monoisotopic (exact) mass is 366 g/mol. The summed E-state index contributed by atoms with van der Waals surface area (Å²) in [6.45, 7) is 0.760. The van der Waals surface area contributed by atoms with Gasteiger partial charge < -0.3 is 14.8 Å². The van der Waals surface area contributed by atoms with E-state index in [1.807, 2.05) is 0 Å². The molecular weight excluding hydrogens is 355 g/mol. The molecule has 130 valence electrons. The number of halogens is 2. The van der Waals surface area contributed by atoms with Crippen molar-refractivity contribution in [1.82, 2.24) is 0 Å². The van der Waals surface area contributed by atoms with E-state index in [9.17, 15) is 19.3 Å². The number of carbonyl (C=O) groups is 1. The van der Waals surface area contributed by atoms with E-state index in [4.69, 9.17) is 21.1 Å². The number of ether oxygens (including phenoxy) is 2. The van der Waals surface area contributed by atoms with Gasteiger partial charge in [-0.1, -0.05) is 11.6 Å². The molecule has 9 heteroatoms. The van der Waals surface area contributed by atoms with Crippen LogP contribution in [0, 0.1) is 15.9 Å². The van der Waals surface area contributed by atoms with E-state index in [1.165, 1.54) is 0 Å². The maximum absolute atomic E-state index is 13.7. The highest BCUT2D eigenvalue weighted by molar-refractivity contribution is 6.32. The lowest BCUT2D eigenvalue weighted by molar-refractivity contribution is -0.384. The quantitative estimate of drug-likeness (QED) is 0.662. The van der Waals surface area contributed by atoms with Gasteiger partial charge in [-0.2, -0.15) is 0 Å². The van der Waals surface area contributed by atoms with Crippen molar-refractivity contribution in [1.29, 1.82) is 0 Å². The summed E-state index contributed by atoms with van der Waals surface area (Å²) in [5.74, 6) is -0.462. The number of rotatable bonds is 4. The lowest BCUT2D eigenvalue weighted by atomic mass is 10.1. The average molecular weight is 367 g/mol. The minimum atomic E-state index is -0.765. The number of hydrogen-bond acceptors (Lipinski definition) is 5. The molecule has 0 aromatic heterocycles. The first-order valence-corrected chi connectivity index (χ1v) is 7.63. The highest BCUT2D eigenvalue weighted by atomic mass is 35.5. The lowest BCUT2D eigenvalue weighted by Gasteiger charge is -2.20. The van der Waals surface area contributed by atoms with Crippen LogP contribution < -0.4 is 14.8 Å². The Hall–Kier alpha value is -2.87. The minimum Gasteiger partial charge on any atom is -0.486 e. The molecule has 1 aliphatic heterocycles. The lowest BCUT2D eigenvalue weighted by Crippen LogP contribution is -2.18. The van der Waals surface area contributed by atoms with Crippen molar-refractivity contribution in [3.05, 3.63) is 56.8 Å². The second-order valence-corrected chi connectivity index (χ2v) is 5.66. The maximum Gasteiger partial charge on any atom is 0.271 e. The summed E-state index contributed by atoms with van der Waals surface area (Å²) in [6.07, 6.45) is -0.113. The van der Waals surface area contributed by atoms with Crippen molar-refractivity contribution in [2.75, 3.05) is 18.5 Å². The van der Waals surface area contributed by atoms with Crippen LogP contribution >= 0.6 is 11.6 Å². The Morgan fingerprint density at radius 3 is 2.80 bits per heavy atom. The van der Waals surface area contributed by atoms with E-state index in [0.29, 0.717) is 35.3 Å². The molecule has 1 amide bonds. The molecule has 7 nitrogen and oxygen atoms in total. The molecule has 0 unspecified atom stereocenters. The molecule has 0 atom stereocenters. The number of non-ortho nitro benzene ring substituents is 1. The van der Waals surface area contributed by atoms with Gasteiger partial charge in [0.1, 0.15) is 19.0 Å². The first-order valence-electron chi connectivity index (χ1n) is 7.26. The molecule has 0 radical (unpaired) electrons. The second-order valence-electron chi connectivity index (χ2n) is 5.25. The van der Waals surface area contributed by atoms with Crippen LogP contribution in [0.5, 0.6) is 11.5 Å². The van der Waals surface area contributed by atoms with Crippen LogP contribution in [-0.4, -0.2) is 24.0 Å². The number of hydrogen-bond donors (Lipinski definition) is 1. The predicted molar refractivity (Wildman–Crippen MR) is 87.8 cm³/mol. The van der Waals surface area contributed by atoms with Crippen LogP contribution in [0.15, 0.2) is 30.3 Å². The van der Waals surface area contributed by atoms with E-state index >= 15 is 0 Å². The van der Waals surface area contributed by atoms with Crippen molar-refractivity contribution < 1.29 is 23.6 Å². The van der Waals surface area contributed by atoms with E-state index in [-0.39, 0.29) is 17.8 Å². The molecule has 0 saturated heterocycles. The molecule has 1 heterocycles. The fourth-order valence-electron chi connectivity index (χ4n) is 2.37. The van der Waals surface area contributed by atoms with Gasteiger partial charge in [-0.15, -0.1) is 0 Å². The number of fused-ring (bicyclic) bond motifs is 1. The normalized spacial score (nSPS) is 12.6. The topological polar surface area (TPSA) is 90.7 Å². The zero-order chi connectivity index (χ0) is 18.0. The molecular formula is C16H12ClFN2O5. The zero-order valence-electron chi connectivity index (χ0n) is 12.8. The SMILES string of the molecule is O=C(Cc1cc(Cl)c2c(c1)OCCO2)Nc1cc([N+](=O)[O-])ccc1F. The van der Waals surface area contributed by atoms with E-state index in [2.05, 4.69) is 5.32 Å². The van der Waals surface area contributed by atoms with Crippen LogP contribution in [0.4, 0.5) is 15.8 Å². The van der Waals surface area contributed by atoms with Crippen molar-refractivity contribution in [2.45, 2.75) is 6.42 Å². The average Bonchev–Trinajstić information content (AvgIpc) is 2.56. The third-order valence-electron chi connectivity index (χ3n) is 3.46. The van der Waals surface area contributed by atoms with Crippen LogP contribution in [0.3, 0.4) is 0 Å². The minimum absolute atomic E-state index is 0.113. The Labute approximate surface area is 146 Å². The summed E-state index contributed by atoms with van der Waals surface area (Å²) in [6, 6.07) is 6.08. The van der Waals surface area contributed by atoms with Crippen LogP contribution in [0.25, 0.3) is 0 Å². The van der Waals surface area contributed by atoms with E-state index in [0.717, 1.165) is 18.2 Å². The van der Waals surface area contributed by atoms with Gasteiger partial charge in [-0.25, -0.2) is 4.39 Å². The summed E-state index contributed by atoms with van der Waals surface area (Å²) < 4.78 is 24.5. The molecule has 0 saturated carbocycles. The number of nitro benzene ring substituents is 1. The number of benzene rings is 2. The third kappa shape index (κ3) is 3.80. The van der Waals surface area contributed by atoms with Gasteiger partial charge in [0.25, 0.3) is 5.69 Å². The molecule has 1 N–H and O–H groups in total. The number of carbonyl (C=O) groups excluding carboxylic acids is 1. The second kappa shape index (κ2) is 6.94. The van der Waals surface area contributed by atoms with Crippen molar-refractivity contribution in [3.8, 4) is 11.5 Å². The van der Waals surface area contributed by atoms with E-state index in [1.54, 1.807) is 12.1 Å². The third-order valence-corrected chi connectivity index (χ3v) is 3.74. The molecule has 2 aromatic rings. The Balaban J connectivity index is 1.76. The fraction of sp³-hybridized carbons (Fsp3) is 0.188. The molecule has 0 spiro atoms. The van der Waals surface area contributed by atoms with Crippen LogP contribution in [0.2, 0.25) is 5.02 Å². The number of anilines is 1. The first-order chi connectivity index (χ1) is 11.9. The summed E-state index contributed by atoms with van der Waals surface area (Å²) >= 11 is 6.10. The largest absolute Gasteiger partial charge is 0.486 e. The van der Waals surface area contributed by atoms with Crippen molar-refractivity contribution in [2.24, 2.45) is 0 Å². The number of amides is 1. The first kappa shape index (κ1) is 17.0. The number of nitrogens with one attached hydrogen (secondary N) is 1. The molecule has 0 aliphatic carbocycles. The Bertz CT molecular complexity index is 859. The number of nitrogens with zero attached hydrogens (tertiary/aromatic N) is 1. The Morgan fingerprint density at radius 1 is 1.28 bits per heavy atom. The molecule has 3 rings (SSSR count).